The first-order chi connectivity index (χ1) is 39.6. The van der Waals surface area contributed by atoms with Crippen molar-refractivity contribution in [2.24, 2.45) is 0 Å². The Hall–Kier alpha value is -10.7. The van der Waals surface area contributed by atoms with Crippen LogP contribution >= 0.6 is 0 Å². The van der Waals surface area contributed by atoms with E-state index >= 15 is 0 Å². The summed E-state index contributed by atoms with van der Waals surface area (Å²) in [5.74, 6) is 3.75. The molecular formula is C72H46N8. The maximum Gasteiger partial charge on any atom is 0.164 e. The van der Waals surface area contributed by atoms with Crippen molar-refractivity contribution in [3.8, 4) is 113 Å². The van der Waals surface area contributed by atoms with E-state index < -0.39 is 0 Å². The minimum atomic E-state index is 0.0322. The molecule has 3 aliphatic carbocycles. The molecule has 0 amide bonds. The zero-order valence-electron chi connectivity index (χ0n) is 43.1. The van der Waals surface area contributed by atoms with E-state index in [1.165, 1.54) is 33.4 Å². The summed E-state index contributed by atoms with van der Waals surface area (Å²) in [6.07, 6.45) is 7.34. The van der Waals surface area contributed by atoms with Crippen molar-refractivity contribution >= 4 is 0 Å². The predicted molar refractivity (Wildman–Crippen MR) is 318 cm³/mol. The molecule has 0 N–H and O–H groups in total. The molecule has 2 bridgehead atoms. The van der Waals surface area contributed by atoms with Crippen LogP contribution in [0, 0.1) is 0 Å². The molecule has 0 saturated heterocycles. The summed E-state index contributed by atoms with van der Waals surface area (Å²) >= 11 is 0. The van der Waals surface area contributed by atoms with Crippen molar-refractivity contribution in [1.29, 1.82) is 0 Å². The van der Waals surface area contributed by atoms with E-state index in [2.05, 4.69) is 204 Å². The lowest BCUT2D eigenvalue weighted by Gasteiger charge is -2.42. The fraction of sp³-hybridized carbons (Fsp3) is 0.0278. The highest BCUT2D eigenvalue weighted by molar-refractivity contribution is 5.86. The standard InChI is InChI=1S/C72H46N8/c1-3-15-47(16-4-1)67-75-69(49-31-27-45(28-32-49)53-19-13-39-73-43-53)79-71(77-67)61-25-11-7-21-55(61)51-35-37-59-63(41-51)65-57-23-9-10-24-58(57)66(59)64-42-52(36-38-60(64)65)56-22-8-12-26-62(56)72-78-68(48-17-5-2-6-18-48)76-70(80-72)50-33-29-46(30-34-50)54-20-14-40-74-44-54/h1-44,65-66H. The van der Waals surface area contributed by atoms with Crippen LogP contribution in [-0.4, -0.2) is 39.9 Å². The van der Waals surface area contributed by atoms with Gasteiger partial charge in [0.2, 0.25) is 0 Å². The molecule has 0 saturated carbocycles. The fourth-order valence-electron chi connectivity index (χ4n) is 11.8. The van der Waals surface area contributed by atoms with Crippen LogP contribution in [0.15, 0.2) is 267 Å². The molecule has 0 aliphatic heterocycles. The molecule has 374 valence electrons. The third-order valence-electron chi connectivity index (χ3n) is 15.6. The molecule has 3 aliphatic rings. The normalized spacial score (nSPS) is 13.8. The van der Waals surface area contributed by atoms with Gasteiger partial charge in [0, 0.05) is 70.0 Å². The molecule has 9 aromatic carbocycles. The molecule has 2 atom stereocenters. The molecular weight excluding hydrogens is 977 g/mol. The smallest absolute Gasteiger partial charge is 0.164 e. The van der Waals surface area contributed by atoms with Crippen molar-refractivity contribution in [3.05, 3.63) is 301 Å². The van der Waals surface area contributed by atoms with E-state index in [4.69, 9.17) is 29.9 Å². The molecule has 4 heterocycles. The second-order valence-electron chi connectivity index (χ2n) is 20.3. The summed E-state index contributed by atoms with van der Waals surface area (Å²) in [5, 5.41) is 0. The first-order valence-electron chi connectivity index (χ1n) is 26.9. The molecule has 2 unspecified atom stereocenters. The molecule has 0 fully saturated rings. The van der Waals surface area contributed by atoms with Crippen molar-refractivity contribution in [2.45, 2.75) is 11.8 Å². The van der Waals surface area contributed by atoms with E-state index in [1.807, 2.05) is 60.9 Å². The van der Waals surface area contributed by atoms with Gasteiger partial charge in [-0.2, -0.15) is 0 Å². The predicted octanol–water partition coefficient (Wildman–Crippen LogP) is 16.5. The van der Waals surface area contributed by atoms with Crippen LogP contribution in [0.25, 0.3) is 113 Å². The average Bonchev–Trinajstić information content (AvgIpc) is 3.71. The van der Waals surface area contributed by atoms with Crippen LogP contribution in [0.5, 0.6) is 0 Å². The quantitative estimate of drug-likeness (QED) is 0.133. The van der Waals surface area contributed by atoms with Crippen LogP contribution in [0.1, 0.15) is 45.2 Å². The van der Waals surface area contributed by atoms with E-state index in [9.17, 15) is 0 Å². The number of hydrogen-bond donors (Lipinski definition) is 0. The molecule has 13 aromatic rings. The monoisotopic (exact) mass is 1020 g/mol. The van der Waals surface area contributed by atoms with E-state index in [0.717, 1.165) is 77.9 Å². The lowest BCUT2D eigenvalue weighted by Crippen LogP contribution is -2.27. The van der Waals surface area contributed by atoms with Gasteiger partial charge < -0.3 is 0 Å². The van der Waals surface area contributed by atoms with Gasteiger partial charge in [0.05, 0.1) is 0 Å². The Kier molecular flexibility index (Phi) is 11.5. The Balaban J connectivity index is 0.809. The summed E-state index contributed by atoms with van der Waals surface area (Å²) in [6.45, 7) is 0. The summed E-state index contributed by atoms with van der Waals surface area (Å²) in [6, 6.07) is 85.2. The number of benzene rings is 9. The van der Waals surface area contributed by atoms with Crippen LogP contribution in [0.3, 0.4) is 0 Å². The molecule has 0 spiro atoms. The maximum absolute atomic E-state index is 5.23. The minimum Gasteiger partial charge on any atom is -0.264 e. The zero-order chi connectivity index (χ0) is 52.9. The molecule has 4 aromatic heterocycles. The van der Waals surface area contributed by atoms with Gasteiger partial charge in [0.15, 0.2) is 34.9 Å². The van der Waals surface area contributed by atoms with Gasteiger partial charge in [-0.05, 0) is 102 Å². The molecule has 8 nitrogen and oxygen atoms in total. The third-order valence-corrected chi connectivity index (χ3v) is 15.6. The minimum absolute atomic E-state index is 0.0322. The number of nitrogens with zero attached hydrogens (tertiary/aromatic N) is 8. The lowest BCUT2D eigenvalue weighted by atomic mass is 9.60. The van der Waals surface area contributed by atoms with Crippen LogP contribution in [-0.2, 0) is 0 Å². The first-order valence-corrected chi connectivity index (χ1v) is 26.9. The van der Waals surface area contributed by atoms with Crippen molar-refractivity contribution in [3.63, 3.8) is 0 Å². The second-order valence-corrected chi connectivity index (χ2v) is 20.3. The van der Waals surface area contributed by atoms with Gasteiger partial charge in [-0.25, -0.2) is 29.9 Å². The highest BCUT2D eigenvalue weighted by Gasteiger charge is 2.41. The Morgan fingerprint density at radius 2 is 0.500 bits per heavy atom. The summed E-state index contributed by atoms with van der Waals surface area (Å²) in [7, 11) is 0. The summed E-state index contributed by atoms with van der Waals surface area (Å²) in [4.78, 5) is 39.7. The van der Waals surface area contributed by atoms with Gasteiger partial charge in [-0.3, -0.25) is 9.97 Å². The van der Waals surface area contributed by atoms with Gasteiger partial charge in [0.25, 0.3) is 0 Å². The Morgan fingerprint density at radius 3 is 0.887 bits per heavy atom. The van der Waals surface area contributed by atoms with E-state index in [1.54, 1.807) is 12.4 Å². The fourth-order valence-corrected chi connectivity index (χ4v) is 11.8. The number of hydrogen-bond acceptors (Lipinski definition) is 8. The first kappa shape index (κ1) is 46.6. The van der Waals surface area contributed by atoms with Crippen molar-refractivity contribution in [2.75, 3.05) is 0 Å². The van der Waals surface area contributed by atoms with Crippen LogP contribution in [0.2, 0.25) is 0 Å². The third kappa shape index (κ3) is 8.34. The number of rotatable bonds is 10. The highest BCUT2D eigenvalue weighted by Crippen LogP contribution is 2.57. The molecule has 80 heavy (non-hydrogen) atoms. The van der Waals surface area contributed by atoms with Crippen molar-refractivity contribution < 1.29 is 0 Å². The summed E-state index contributed by atoms with van der Waals surface area (Å²) < 4.78 is 0. The number of aromatic nitrogens is 8. The zero-order valence-corrected chi connectivity index (χ0v) is 43.1. The topological polar surface area (TPSA) is 103 Å². The Morgan fingerprint density at radius 1 is 0.200 bits per heavy atom. The molecule has 16 rings (SSSR count). The van der Waals surface area contributed by atoms with Gasteiger partial charge in [-0.1, -0.05) is 218 Å². The van der Waals surface area contributed by atoms with E-state index in [0.29, 0.717) is 34.9 Å². The van der Waals surface area contributed by atoms with Gasteiger partial charge in [-0.15, -0.1) is 0 Å². The largest absolute Gasteiger partial charge is 0.264 e. The van der Waals surface area contributed by atoms with Crippen LogP contribution < -0.4 is 0 Å². The van der Waals surface area contributed by atoms with Gasteiger partial charge in [0.1, 0.15) is 0 Å². The Bertz CT molecular complexity index is 4170. The van der Waals surface area contributed by atoms with Crippen LogP contribution in [0.4, 0.5) is 0 Å². The second kappa shape index (κ2) is 19.7. The number of pyridine rings is 2. The lowest BCUT2D eigenvalue weighted by molar-refractivity contribution is 0.755. The molecule has 8 heteroatoms. The maximum atomic E-state index is 5.23. The Labute approximate surface area is 463 Å². The van der Waals surface area contributed by atoms with Gasteiger partial charge >= 0.3 is 0 Å². The molecule has 0 radical (unpaired) electrons. The average molecular weight is 1020 g/mol. The SMILES string of the molecule is c1ccc(-c2nc(-c3ccc(-c4cccnc4)cc3)nc(-c3ccccc3-c3ccc4c(c3)C3c5ccccc5C4c4cc(-c5ccccc5-c5nc(-c6ccccc6)nc(-c6ccc(-c7cccnc7)cc6)n5)ccc43)n2)cc1. The highest BCUT2D eigenvalue weighted by atomic mass is 15.0. The summed E-state index contributed by atoms with van der Waals surface area (Å²) in [5.41, 5.74) is 22.1. The van der Waals surface area contributed by atoms with Crippen molar-refractivity contribution in [1.82, 2.24) is 39.9 Å². The van der Waals surface area contributed by atoms with E-state index in [-0.39, 0.29) is 11.8 Å².